The lowest BCUT2D eigenvalue weighted by Crippen LogP contribution is -2.44. The minimum Gasteiger partial charge on any atom is -0.314 e. The van der Waals surface area contributed by atoms with E-state index in [0.29, 0.717) is 16.1 Å². The minimum absolute atomic E-state index is 0. The van der Waals surface area contributed by atoms with Crippen molar-refractivity contribution in [3.63, 3.8) is 0 Å². The molecule has 0 radical (unpaired) electrons. The van der Waals surface area contributed by atoms with Crippen LogP contribution in [0.1, 0.15) is 24.1 Å². The standard InChI is InChI=1S/C13H18ClFN2.2ClH/c1-9-3-4-11(14)12(13(9)15)10(2)17-7-5-16-6-8-17;;/h3-4,10,16H,5-8H2,1-2H3;2*1H/t10-;;/m1../s1. The summed E-state index contributed by atoms with van der Waals surface area (Å²) < 4.78 is 14.1. The molecular weight excluding hydrogens is 310 g/mol. The average molecular weight is 330 g/mol. The van der Waals surface area contributed by atoms with Gasteiger partial charge in [-0.2, -0.15) is 0 Å². The van der Waals surface area contributed by atoms with Crippen molar-refractivity contribution in [2.45, 2.75) is 19.9 Å². The van der Waals surface area contributed by atoms with Crippen LogP contribution in [0.25, 0.3) is 0 Å². The van der Waals surface area contributed by atoms with Crippen molar-refractivity contribution >= 4 is 36.4 Å². The highest BCUT2D eigenvalue weighted by Crippen LogP contribution is 2.31. The molecule has 1 atom stereocenters. The van der Waals surface area contributed by atoms with Crippen LogP contribution in [-0.2, 0) is 0 Å². The summed E-state index contributed by atoms with van der Waals surface area (Å²) in [6, 6.07) is 3.55. The molecule has 19 heavy (non-hydrogen) atoms. The van der Waals surface area contributed by atoms with Crippen molar-refractivity contribution in [3.05, 3.63) is 34.1 Å². The quantitative estimate of drug-likeness (QED) is 0.892. The number of aryl methyl sites for hydroxylation is 1. The van der Waals surface area contributed by atoms with E-state index in [2.05, 4.69) is 10.2 Å². The fraction of sp³-hybridized carbons (Fsp3) is 0.538. The highest BCUT2D eigenvalue weighted by Gasteiger charge is 2.23. The second-order valence-electron chi connectivity index (χ2n) is 4.55. The predicted octanol–water partition coefficient (Wildman–Crippen LogP) is 3.60. The third-order valence-electron chi connectivity index (χ3n) is 3.44. The lowest BCUT2D eigenvalue weighted by Gasteiger charge is -2.33. The molecule has 1 aromatic carbocycles. The van der Waals surface area contributed by atoms with Gasteiger partial charge in [-0.15, -0.1) is 24.8 Å². The van der Waals surface area contributed by atoms with Gasteiger partial charge < -0.3 is 5.32 Å². The Morgan fingerprint density at radius 1 is 1.26 bits per heavy atom. The molecule has 2 rings (SSSR count). The van der Waals surface area contributed by atoms with Gasteiger partial charge in [-0.25, -0.2) is 4.39 Å². The van der Waals surface area contributed by atoms with E-state index in [1.165, 1.54) is 0 Å². The van der Waals surface area contributed by atoms with E-state index in [4.69, 9.17) is 11.6 Å². The molecule has 1 N–H and O–H groups in total. The lowest BCUT2D eigenvalue weighted by atomic mass is 10.0. The van der Waals surface area contributed by atoms with Crippen LogP contribution in [0.5, 0.6) is 0 Å². The van der Waals surface area contributed by atoms with Gasteiger partial charge in [0.25, 0.3) is 0 Å². The Kier molecular flexibility index (Phi) is 8.25. The highest BCUT2D eigenvalue weighted by atomic mass is 35.5. The molecule has 1 aliphatic rings. The Morgan fingerprint density at radius 2 is 1.84 bits per heavy atom. The molecule has 0 aromatic heterocycles. The number of hydrogen-bond acceptors (Lipinski definition) is 2. The summed E-state index contributed by atoms with van der Waals surface area (Å²) in [6.07, 6.45) is 0. The average Bonchev–Trinajstić information content (AvgIpc) is 2.35. The summed E-state index contributed by atoms with van der Waals surface area (Å²) in [5.74, 6) is -0.163. The minimum atomic E-state index is -0.163. The van der Waals surface area contributed by atoms with Crippen LogP contribution in [0, 0.1) is 12.7 Å². The van der Waals surface area contributed by atoms with Crippen LogP contribution in [0.15, 0.2) is 12.1 Å². The van der Waals surface area contributed by atoms with Gasteiger partial charge in [0, 0.05) is 42.8 Å². The van der Waals surface area contributed by atoms with Crippen LogP contribution in [0.2, 0.25) is 5.02 Å². The van der Waals surface area contributed by atoms with Crippen molar-refractivity contribution in [1.82, 2.24) is 10.2 Å². The topological polar surface area (TPSA) is 15.3 Å². The van der Waals surface area contributed by atoms with E-state index in [9.17, 15) is 4.39 Å². The maximum atomic E-state index is 14.1. The molecule has 1 heterocycles. The largest absolute Gasteiger partial charge is 0.314 e. The number of nitrogens with one attached hydrogen (secondary N) is 1. The Labute approximate surface area is 131 Å². The van der Waals surface area contributed by atoms with Crippen LogP contribution in [-0.4, -0.2) is 31.1 Å². The number of benzene rings is 1. The molecule has 0 bridgehead atoms. The zero-order valence-corrected chi connectivity index (χ0v) is 13.5. The normalized spacial score (nSPS) is 17.3. The first-order chi connectivity index (χ1) is 8.11. The summed E-state index contributed by atoms with van der Waals surface area (Å²) in [5.41, 5.74) is 1.29. The first-order valence-electron chi connectivity index (χ1n) is 6.00. The summed E-state index contributed by atoms with van der Waals surface area (Å²) >= 11 is 6.13. The summed E-state index contributed by atoms with van der Waals surface area (Å²) in [5, 5.41) is 3.82. The fourth-order valence-corrected chi connectivity index (χ4v) is 2.62. The molecule has 0 saturated carbocycles. The maximum Gasteiger partial charge on any atom is 0.132 e. The molecule has 1 fully saturated rings. The maximum absolute atomic E-state index is 14.1. The highest BCUT2D eigenvalue weighted by molar-refractivity contribution is 6.31. The van der Waals surface area contributed by atoms with Crippen molar-refractivity contribution in [2.24, 2.45) is 0 Å². The van der Waals surface area contributed by atoms with Gasteiger partial charge in [0.05, 0.1) is 0 Å². The van der Waals surface area contributed by atoms with E-state index >= 15 is 0 Å². The van der Waals surface area contributed by atoms with Crippen LogP contribution in [0.3, 0.4) is 0 Å². The molecule has 1 aromatic rings. The summed E-state index contributed by atoms with van der Waals surface area (Å²) in [4.78, 5) is 2.26. The van der Waals surface area contributed by atoms with Crippen molar-refractivity contribution in [3.8, 4) is 0 Å². The van der Waals surface area contributed by atoms with Crippen LogP contribution >= 0.6 is 36.4 Å². The van der Waals surface area contributed by atoms with Crippen LogP contribution < -0.4 is 5.32 Å². The summed E-state index contributed by atoms with van der Waals surface area (Å²) in [6.45, 7) is 7.58. The van der Waals surface area contributed by atoms with Gasteiger partial charge in [0.15, 0.2) is 0 Å². The Balaban J connectivity index is 0.00000162. The van der Waals surface area contributed by atoms with Crippen molar-refractivity contribution in [2.75, 3.05) is 26.2 Å². The molecule has 2 nitrogen and oxygen atoms in total. The molecule has 0 amide bonds. The van der Waals surface area contributed by atoms with E-state index in [0.717, 1.165) is 26.2 Å². The Hall–Kier alpha value is -0.0600. The molecule has 110 valence electrons. The Morgan fingerprint density at radius 3 is 2.42 bits per heavy atom. The number of nitrogens with zero attached hydrogens (tertiary/aromatic N) is 1. The second kappa shape index (κ2) is 8.28. The third-order valence-corrected chi connectivity index (χ3v) is 3.77. The number of piperazine rings is 1. The van der Waals surface area contributed by atoms with Gasteiger partial charge in [0.2, 0.25) is 0 Å². The summed E-state index contributed by atoms with van der Waals surface area (Å²) in [7, 11) is 0. The second-order valence-corrected chi connectivity index (χ2v) is 4.96. The zero-order valence-electron chi connectivity index (χ0n) is 11.1. The van der Waals surface area contributed by atoms with E-state index in [1.54, 1.807) is 19.1 Å². The van der Waals surface area contributed by atoms with Gasteiger partial charge in [-0.3, -0.25) is 4.90 Å². The zero-order chi connectivity index (χ0) is 12.4. The van der Waals surface area contributed by atoms with Gasteiger partial charge in [0.1, 0.15) is 5.82 Å². The predicted molar refractivity (Wildman–Crippen MR) is 83.5 cm³/mol. The van der Waals surface area contributed by atoms with Gasteiger partial charge in [-0.1, -0.05) is 17.7 Å². The van der Waals surface area contributed by atoms with Crippen molar-refractivity contribution < 1.29 is 4.39 Å². The Bertz CT molecular complexity index is 409. The number of halogens is 4. The van der Waals surface area contributed by atoms with E-state index in [1.807, 2.05) is 6.92 Å². The molecule has 0 aliphatic carbocycles. The fourth-order valence-electron chi connectivity index (χ4n) is 2.31. The first-order valence-corrected chi connectivity index (χ1v) is 6.38. The molecule has 0 spiro atoms. The van der Waals surface area contributed by atoms with Crippen molar-refractivity contribution in [1.29, 1.82) is 0 Å². The molecule has 0 unspecified atom stereocenters. The molecule has 6 heteroatoms. The SMILES string of the molecule is Cc1ccc(Cl)c([C@@H](C)N2CCNCC2)c1F.Cl.Cl. The van der Waals surface area contributed by atoms with E-state index in [-0.39, 0.29) is 36.7 Å². The van der Waals surface area contributed by atoms with Crippen LogP contribution in [0.4, 0.5) is 4.39 Å². The molecule has 1 saturated heterocycles. The number of hydrogen-bond donors (Lipinski definition) is 1. The lowest BCUT2D eigenvalue weighted by molar-refractivity contribution is 0.182. The van der Waals surface area contributed by atoms with E-state index < -0.39 is 0 Å². The first kappa shape index (κ1) is 18.9. The van der Waals surface area contributed by atoms with Gasteiger partial charge >= 0.3 is 0 Å². The monoisotopic (exact) mass is 328 g/mol. The van der Waals surface area contributed by atoms with Gasteiger partial charge in [-0.05, 0) is 25.5 Å². The number of rotatable bonds is 2. The third kappa shape index (κ3) is 4.20. The molecular formula is C13H20Cl3FN2. The smallest absolute Gasteiger partial charge is 0.132 e. The molecule has 1 aliphatic heterocycles.